The second-order valence-electron chi connectivity index (χ2n) is 5.39. The molecular weight excluding hydrogens is 306 g/mol. The van der Waals surface area contributed by atoms with Crippen LogP contribution in [0.1, 0.15) is 34.5 Å². The lowest BCUT2D eigenvalue weighted by molar-refractivity contribution is 0.0916. The Bertz CT molecular complexity index is 682. The fraction of sp³-hybridized carbons (Fsp3) is 0.316. The zero-order valence-corrected chi connectivity index (χ0v) is 14.2. The predicted molar refractivity (Wildman–Crippen MR) is 92.7 cm³/mol. The number of nitrogens with one attached hydrogen (secondary N) is 1. The molecule has 0 fully saturated rings. The molecule has 2 aromatic rings. The van der Waals surface area contributed by atoms with E-state index in [0.717, 1.165) is 6.42 Å². The van der Waals surface area contributed by atoms with Crippen LogP contribution in [-0.4, -0.2) is 31.8 Å². The summed E-state index contributed by atoms with van der Waals surface area (Å²) in [6, 6.07) is 12.6. The Labute approximate surface area is 142 Å². The van der Waals surface area contributed by atoms with Crippen molar-refractivity contribution >= 4 is 5.91 Å². The van der Waals surface area contributed by atoms with E-state index in [4.69, 9.17) is 9.47 Å². The summed E-state index contributed by atoms with van der Waals surface area (Å²) in [5.41, 5.74) is 2.40. The summed E-state index contributed by atoms with van der Waals surface area (Å²) in [4.78, 5) is 12.1. The molecule has 2 rings (SSSR count). The van der Waals surface area contributed by atoms with Crippen LogP contribution in [0.5, 0.6) is 11.5 Å². The summed E-state index contributed by atoms with van der Waals surface area (Å²) < 4.78 is 10.4. The lowest BCUT2D eigenvalue weighted by Crippen LogP contribution is -2.28. The maximum atomic E-state index is 12.1. The molecule has 1 unspecified atom stereocenters. The van der Waals surface area contributed by atoms with Gasteiger partial charge in [-0.2, -0.15) is 0 Å². The van der Waals surface area contributed by atoms with Crippen molar-refractivity contribution in [1.29, 1.82) is 0 Å². The Morgan fingerprint density at radius 2 is 1.75 bits per heavy atom. The number of methoxy groups -OCH3 is 2. The highest BCUT2D eigenvalue weighted by Crippen LogP contribution is 2.29. The summed E-state index contributed by atoms with van der Waals surface area (Å²) in [5.74, 6) is 0.918. The summed E-state index contributed by atoms with van der Waals surface area (Å²) in [7, 11) is 3.09. The first-order valence-electron chi connectivity index (χ1n) is 7.86. The van der Waals surface area contributed by atoms with Crippen LogP contribution in [0, 0.1) is 0 Å². The molecule has 0 aliphatic carbocycles. The van der Waals surface area contributed by atoms with E-state index >= 15 is 0 Å². The third-order valence-corrected chi connectivity index (χ3v) is 3.87. The Morgan fingerprint density at radius 3 is 2.33 bits per heavy atom. The Kier molecular flexibility index (Phi) is 6.21. The summed E-state index contributed by atoms with van der Waals surface area (Å²) in [6.07, 6.45) is 0.101. The van der Waals surface area contributed by atoms with Crippen molar-refractivity contribution in [3.8, 4) is 11.5 Å². The van der Waals surface area contributed by atoms with Gasteiger partial charge >= 0.3 is 0 Å². The number of carbonyl (C=O) groups is 1. The van der Waals surface area contributed by atoms with E-state index in [9.17, 15) is 9.90 Å². The molecule has 0 aliphatic heterocycles. The van der Waals surface area contributed by atoms with Crippen molar-refractivity contribution in [2.75, 3.05) is 20.8 Å². The van der Waals surface area contributed by atoms with E-state index in [1.807, 2.05) is 12.1 Å². The van der Waals surface area contributed by atoms with Gasteiger partial charge in [0.25, 0.3) is 5.91 Å². The largest absolute Gasteiger partial charge is 0.493 e. The van der Waals surface area contributed by atoms with E-state index in [0.29, 0.717) is 22.6 Å². The number of aliphatic hydroxyl groups is 1. The number of carbonyl (C=O) groups excluding carboxylic acids is 1. The maximum Gasteiger partial charge on any atom is 0.251 e. The maximum absolute atomic E-state index is 12.1. The molecule has 2 N–H and O–H groups in total. The zero-order chi connectivity index (χ0) is 17.5. The molecule has 0 radical (unpaired) electrons. The molecule has 128 valence electrons. The van der Waals surface area contributed by atoms with Crippen LogP contribution >= 0.6 is 0 Å². The standard InChI is InChI=1S/C19H23NO4/c1-4-13-5-7-14(8-6-13)19(22)20-12-16(21)15-9-10-17(23-2)18(11-15)24-3/h5-11,16,21H,4,12H2,1-3H3,(H,20,22). The second-order valence-corrected chi connectivity index (χ2v) is 5.39. The van der Waals surface area contributed by atoms with Crippen molar-refractivity contribution in [1.82, 2.24) is 5.32 Å². The first kappa shape index (κ1) is 17.8. The monoisotopic (exact) mass is 329 g/mol. The van der Waals surface area contributed by atoms with Gasteiger partial charge in [0.1, 0.15) is 0 Å². The van der Waals surface area contributed by atoms with Gasteiger partial charge in [0.2, 0.25) is 0 Å². The van der Waals surface area contributed by atoms with Gasteiger partial charge < -0.3 is 19.9 Å². The number of benzene rings is 2. The number of hydrogen-bond acceptors (Lipinski definition) is 4. The topological polar surface area (TPSA) is 67.8 Å². The molecule has 0 spiro atoms. The smallest absolute Gasteiger partial charge is 0.251 e. The summed E-state index contributed by atoms with van der Waals surface area (Å²) in [5, 5.41) is 13.0. The van der Waals surface area contributed by atoms with E-state index in [1.165, 1.54) is 12.7 Å². The van der Waals surface area contributed by atoms with Gasteiger partial charge in [-0.05, 0) is 41.8 Å². The van der Waals surface area contributed by atoms with E-state index in [-0.39, 0.29) is 12.5 Å². The molecule has 0 aromatic heterocycles. The molecular formula is C19H23NO4. The number of ether oxygens (including phenoxy) is 2. The molecule has 1 amide bonds. The fourth-order valence-corrected chi connectivity index (χ4v) is 2.36. The van der Waals surface area contributed by atoms with Crippen LogP contribution in [0.4, 0.5) is 0 Å². The number of amides is 1. The quantitative estimate of drug-likeness (QED) is 0.819. The molecule has 5 heteroatoms. The lowest BCUT2D eigenvalue weighted by atomic mass is 10.1. The minimum Gasteiger partial charge on any atom is -0.493 e. The normalized spacial score (nSPS) is 11.7. The average Bonchev–Trinajstić information content (AvgIpc) is 2.65. The minimum absolute atomic E-state index is 0.115. The zero-order valence-electron chi connectivity index (χ0n) is 14.2. The van der Waals surface area contributed by atoms with Gasteiger partial charge in [-0.15, -0.1) is 0 Å². The average molecular weight is 329 g/mol. The number of rotatable bonds is 7. The predicted octanol–water partition coefficient (Wildman–Crippen LogP) is 2.73. The number of aryl methyl sites for hydroxylation is 1. The van der Waals surface area contributed by atoms with Crippen LogP contribution in [0.3, 0.4) is 0 Å². The van der Waals surface area contributed by atoms with Crippen LogP contribution < -0.4 is 14.8 Å². The molecule has 24 heavy (non-hydrogen) atoms. The molecule has 1 atom stereocenters. The minimum atomic E-state index is -0.830. The fourth-order valence-electron chi connectivity index (χ4n) is 2.36. The molecule has 0 heterocycles. The Balaban J connectivity index is 1.99. The van der Waals surface area contributed by atoms with Gasteiger partial charge in [0, 0.05) is 12.1 Å². The third kappa shape index (κ3) is 4.26. The summed E-state index contributed by atoms with van der Waals surface area (Å²) in [6.45, 7) is 2.18. The molecule has 0 aliphatic rings. The highest BCUT2D eigenvalue weighted by Gasteiger charge is 2.13. The first-order chi connectivity index (χ1) is 11.6. The first-order valence-corrected chi connectivity index (χ1v) is 7.86. The van der Waals surface area contributed by atoms with Crippen LogP contribution in [0.25, 0.3) is 0 Å². The van der Waals surface area contributed by atoms with Crippen LogP contribution in [0.2, 0.25) is 0 Å². The van der Waals surface area contributed by atoms with Gasteiger partial charge in [0.05, 0.1) is 20.3 Å². The number of aliphatic hydroxyl groups excluding tert-OH is 1. The van der Waals surface area contributed by atoms with E-state index in [2.05, 4.69) is 12.2 Å². The van der Waals surface area contributed by atoms with Crippen molar-refractivity contribution in [3.05, 3.63) is 59.2 Å². The van der Waals surface area contributed by atoms with Crippen molar-refractivity contribution in [2.24, 2.45) is 0 Å². The molecule has 0 saturated heterocycles. The lowest BCUT2D eigenvalue weighted by Gasteiger charge is -2.15. The molecule has 0 saturated carbocycles. The Morgan fingerprint density at radius 1 is 1.08 bits per heavy atom. The van der Waals surface area contributed by atoms with Gasteiger partial charge in [-0.3, -0.25) is 4.79 Å². The van der Waals surface area contributed by atoms with Crippen molar-refractivity contribution < 1.29 is 19.4 Å². The second kappa shape index (κ2) is 8.36. The van der Waals surface area contributed by atoms with Gasteiger partial charge in [0.15, 0.2) is 11.5 Å². The van der Waals surface area contributed by atoms with Crippen molar-refractivity contribution in [2.45, 2.75) is 19.4 Å². The number of hydrogen-bond donors (Lipinski definition) is 2. The highest BCUT2D eigenvalue weighted by molar-refractivity contribution is 5.94. The van der Waals surface area contributed by atoms with Gasteiger partial charge in [-0.1, -0.05) is 25.1 Å². The van der Waals surface area contributed by atoms with Crippen LogP contribution in [0.15, 0.2) is 42.5 Å². The van der Waals surface area contributed by atoms with E-state index < -0.39 is 6.10 Å². The molecule has 2 aromatic carbocycles. The highest BCUT2D eigenvalue weighted by atomic mass is 16.5. The SMILES string of the molecule is CCc1ccc(C(=O)NCC(O)c2ccc(OC)c(OC)c2)cc1. The third-order valence-electron chi connectivity index (χ3n) is 3.87. The Hall–Kier alpha value is -2.53. The molecule has 5 nitrogen and oxygen atoms in total. The summed E-state index contributed by atoms with van der Waals surface area (Å²) >= 11 is 0. The van der Waals surface area contributed by atoms with E-state index in [1.54, 1.807) is 37.4 Å². The van der Waals surface area contributed by atoms with Gasteiger partial charge in [-0.25, -0.2) is 0 Å². The molecule has 0 bridgehead atoms. The van der Waals surface area contributed by atoms with Crippen LogP contribution in [-0.2, 0) is 6.42 Å². The van der Waals surface area contributed by atoms with Crippen molar-refractivity contribution in [3.63, 3.8) is 0 Å².